The first-order valence-electron chi connectivity index (χ1n) is 16.0. The number of carbonyl (C=O) groups excluding carboxylic acids is 6. The molecule has 4 amide bonds. The van der Waals surface area contributed by atoms with Crippen LogP contribution in [-0.4, -0.2) is 46.3 Å². The van der Waals surface area contributed by atoms with E-state index in [0.717, 1.165) is 45.8 Å². The molecule has 2 aliphatic heterocycles. The van der Waals surface area contributed by atoms with Gasteiger partial charge >= 0.3 is 59.1 Å². The van der Waals surface area contributed by atoms with E-state index in [2.05, 4.69) is 10.6 Å². The number of nitrogens with two attached hydrogens (primary N) is 2. The molecule has 2 fully saturated rings. The van der Waals surface area contributed by atoms with Gasteiger partial charge in [-0.25, -0.2) is 0 Å². The average molecular weight is 813 g/mol. The average Bonchev–Trinajstić information content (AvgIpc) is 3.64. The Hall–Kier alpha value is -4.20. The summed E-state index contributed by atoms with van der Waals surface area (Å²) >= 11 is 1.73. The maximum absolute atomic E-state index is 11.5. The quantitative estimate of drug-likeness (QED) is 0.0817. The fraction of sp³-hybridized carbons (Fsp3) is 0.105. The minimum absolute atomic E-state index is 0. The number of nitrogens with one attached hydrogen (secondary N) is 2. The molecule has 2 aliphatic rings. The smallest absolute Gasteiger partial charge is 0.548 e. The van der Waals surface area contributed by atoms with Crippen LogP contribution in [-0.2, 0) is 32.0 Å². The first-order valence-corrected chi connectivity index (χ1v) is 17.6. The Kier molecular flexibility index (Phi) is 18.1. The number of benzene rings is 4. The molecule has 6 rings (SSSR count). The number of thioether (sulfide) groups is 2. The van der Waals surface area contributed by atoms with Gasteiger partial charge in [0.15, 0.2) is 0 Å². The third-order valence-electron chi connectivity index (χ3n) is 7.47. The first kappa shape index (κ1) is 46.2. The topological polar surface area (TPSA) is 243 Å². The van der Waals surface area contributed by atoms with E-state index in [4.69, 9.17) is 20.9 Å². The minimum Gasteiger partial charge on any atom is -0.548 e. The Morgan fingerprint density at radius 1 is 0.554 bits per heavy atom. The molecule has 6 N–H and O–H groups in total. The standard InChI is InChI=1S/2C19H16N2O5S.2Na/c2*20-15(18(23)24)9-11-1-5-13(6-2-11)26-14-7-3-12(4-8-14)10-16-17(22)21-19(25)27-16;;/h2*1-8,10,15H,9,20H2,(H,23,24)(H,21,22,25);;/q;;2*+1/p-2/t2*15-;;/m00../s1. The third kappa shape index (κ3) is 14.1. The summed E-state index contributed by atoms with van der Waals surface area (Å²) in [7, 11) is 0. The largest absolute Gasteiger partial charge is 1.00 e. The Labute approximate surface area is 373 Å². The number of hydrogen-bond acceptors (Lipinski definition) is 14. The van der Waals surface area contributed by atoms with Crippen molar-refractivity contribution in [3.8, 4) is 23.0 Å². The van der Waals surface area contributed by atoms with Crippen LogP contribution in [0, 0.1) is 0 Å². The zero-order chi connectivity index (χ0) is 38.8. The summed E-state index contributed by atoms with van der Waals surface area (Å²) < 4.78 is 11.5. The fourth-order valence-electron chi connectivity index (χ4n) is 4.74. The molecule has 276 valence electrons. The maximum Gasteiger partial charge on any atom is 1.00 e. The molecule has 0 unspecified atom stereocenters. The number of carboxylic acids is 2. The van der Waals surface area contributed by atoms with Crippen LogP contribution in [0.5, 0.6) is 23.0 Å². The van der Waals surface area contributed by atoms with Crippen LogP contribution in [0.3, 0.4) is 0 Å². The molecule has 0 aromatic heterocycles. The van der Waals surface area contributed by atoms with Crippen LogP contribution in [0.1, 0.15) is 22.3 Å². The summed E-state index contributed by atoms with van der Waals surface area (Å²) in [5, 5.41) is 25.0. The number of imide groups is 2. The number of ether oxygens (including phenoxy) is 2. The molecular formula is C38H30N4Na2O10S2. The number of carboxylic acid groups (broad SMARTS) is 2. The van der Waals surface area contributed by atoms with Crippen molar-refractivity contribution in [2.75, 3.05) is 0 Å². The van der Waals surface area contributed by atoms with E-state index < -0.39 is 35.8 Å². The van der Waals surface area contributed by atoms with Crippen LogP contribution in [0.25, 0.3) is 12.2 Å². The van der Waals surface area contributed by atoms with E-state index in [0.29, 0.717) is 32.8 Å². The Morgan fingerprint density at radius 3 is 1.09 bits per heavy atom. The van der Waals surface area contributed by atoms with E-state index in [1.165, 1.54) is 0 Å². The zero-order valence-corrected chi connectivity index (χ0v) is 35.6. The van der Waals surface area contributed by atoms with Crippen molar-refractivity contribution in [1.29, 1.82) is 0 Å². The van der Waals surface area contributed by atoms with E-state index >= 15 is 0 Å². The molecule has 2 atom stereocenters. The van der Waals surface area contributed by atoms with Crippen LogP contribution in [0.4, 0.5) is 9.59 Å². The number of rotatable bonds is 12. The van der Waals surface area contributed by atoms with Gasteiger partial charge in [0.2, 0.25) is 0 Å². The van der Waals surface area contributed by atoms with Gasteiger partial charge in [-0.05, 0) is 119 Å². The number of aliphatic carboxylic acids is 2. The number of hydrogen-bond donors (Lipinski definition) is 4. The predicted molar refractivity (Wildman–Crippen MR) is 198 cm³/mol. The van der Waals surface area contributed by atoms with Gasteiger partial charge in [-0.2, -0.15) is 0 Å². The molecule has 2 saturated heterocycles. The van der Waals surface area contributed by atoms with E-state index in [1.54, 1.807) is 109 Å². The second-order valence-electron chi connectivity index (χ2n) is 11.6. The normalized spacial score (nSPS) is 15.7. The van der Waals surface area contributed by atoms with Crippen molar-refractivity contribution >= 4 is 69.9 Å². The molecule has 0 radical (unpaired) electrons. The summed E-state index contributed by atoms with van der Waals surface area (Å²) in [5.41, 5.74) is 14.0. The molecule has 56 heavy (non-hydrogen) atoms. The molecule has 18 heteroatoms. The summed E-state index contributed by atoms with van der Waals surface area (Å²) in [6.45, 7) is 0. The van der Waals surface area contributed by atoms with Crippen LogP contribution in [0.2, 0.25) is 0 Å². The van der Waals surface area contributed by atoms with Crippen molar-refractivity contribution in [3.63, 3.8) is 0 Å². The van der Waals surface area contributed by atoms with Crippen molar-refractivity contribution in [2.45, 2.75) is 24.9 Å². The Bertz CT molecular complexity index is 1980. The second kappa shape index (κ2) is 21.9. The van der Waals surface area contributed by atoms with Gasteiger partial charge in [0.1, 0.15) is 23.0 Å². The van der Waals surface area contributed by atoms with Crippen LogP contribution in [0.15, 0.2) is 107 Å². The minimum atomic E-state index is -1.29. The molecular weight excluding hydrogens is 783 g/mol. The maximum atomic E-state index is 11.5. The van der Waals surface area contributed by atoms with Crippen molar-refractivity contribution in [2.24, 2.45) is 11.5 Å². The molecule has 0 aliphatic carbocycles. The molecule has 0 spiro atoms. The third-order valence-corrected chi connectivity index (χ3v) is 9.10. The molecule has 0 saturated carbocycles. The van der Waals surface area contributed by atoms with Crippen molar-refractivity contribution in [3.05, 3.63) is 129 Å². The van der Waals surface area contributed by atoms with Gasteiger partial charge in [-0.1, -0.05) is 48.5 Å². The summed E-state index contributed by atoms with van der Waals surface area (Å²) in [5.74, 6) is -1.02. The zero-order valence-electron chi connectivity index (χ0n) is 30.0. The molecule has 14 nitrogen and oxygen atoms in total. The van der Waals surface area contributed by atoms with Crippen molar-refractivity contribution < 1.29 is 108 Å². The van der Waals surface area contributed by atoms with Crippen LogP contribution < -0.4 is 101 Å². The summed E-state index contributed by atoms with van der Waals surface area (Å²) in [6.07, 6.45) is 3.62. The summed E-state index contributed by atoms with van der Waals surface area (Å²) in [6, 6.07) is 25.8. The Morgan fingerprint density at radius 2 is 0.839 bits per heavy atom. The molecule has 2 heterocycles. The SMILES string of the molecule is N[C@@H](Cc1ccc(Oc2ccc(C=C3SC(=O)NC3=O)cc2)cc1)C(=O)[O-].N[C@@H](Cc1ccc(Oc2ccc(C=C3SC(=O)NC3=O)cc2)cc1)C(=O)[O-].[Na+].[Na+]. The van der Waals surface area contributed by atoms with E-state index in [1.807, 2.05) is 0 Å². The van der Waals surface area contributed by atoms with E-state index in [9.17, 15) is 39.0 Å². The Balaban J connectivity index is 0.000000290. The van der Waals surface area contributed by atoms with Gasteiger partial charge in [0.05, 0.1) is 21.7 Å². The monoisotopic (exact) mass is 812 g/mol. The first-order chi connectivity index (χ1) is 25.8. The molecule has 4 aromatic carbocycles. The second-order valence-corrected chi connectivity index (χ2v) is 13.6. The number of carbonyl (C=O) groups is 6. The van der Waals surface area contributed by atoms with Crippen molar-refractivity contribution in [1.82, 2.24) is 10.6 Å². The van der Waals surface area contributed by atoms with Gasteiger partial charge in [-0.15, -0.1) is 0 Å². The predicted octanol–water partition coefficient (Wildman–Crippen LogP) is -3.15. The molecule has 0 bridgehead atoms. The van der Waals surface area contributed by atoms with Gasteiger partial charge in [0, 0.05) is 12.1 Å². The van der Waals surface area contributed by atoms with E-state index in [-0.39, 0.29) is 82.4 Å². The number of amides is 4. The summed E-state index contributed by atoms with van der Waals surface area (Å²) in [4.78, 5) is 67.4. The van der Waals surface area contributed by atoms with Crippen LogP contribution >= 0.6 is 23.5 Å². The van der Waals surface area contributed by atoms with Gasteiger partial charge in [-0.3, -0.25) is 29.8 Å². The fourth-order valence-corrected chi connectivity index (χ4v) is 6.11. The van der Waals surface area contributed by atoms with Gasteiger partial charge in [0.25, 0.3) is 22.3 Å². The molecule has 4 aromatic rings. The van der Waals surface area contributed by atoms with Gasteiger partial charge < -0.3 is 40.7 Å².